The Morgan fingerprint density at radius 1 is 1.21 bits per heavy atom. The lowest BCUT2D eigenvalue weighted by molar-refractivity contribution is -0.123. The molecule has 3 aromatic rings. The fourth-order valence-electron chi connectivity index (χ4n) is 2.29. The van der Waals surface area contributed by atoms with Crippen LogP contribution in [-0.4, -0.2) is 40.8 Å². The van der Waals surface area contributed by atoms with E-state index in [0.29, 0.717) is 25.3 Å². The third-order valence-corrected chi connectivity index (χ3v) is 4.50. The van der Waals surface area contributed by atoms with Gasteiger partial charge in [0.15, 0.2) is 6.61 Å². The SMILES string of the molecule is O=C(COC(=O)c1ccc(Cn2cccn2)o1)NC(=O)NCCc1cccs1. The van der Waals surface area contributed by atoms with Crippen LogP contribution in [0.1, 0.15) is 21.2 Å². The van der Waals surface area contributed by atoms with Gasteiger partial charge < -0.3 is 14.5 Å². The Morgan fingerprint density at radius 2 is 2.11 bits per heavy atom. The Labute approximate surface area is 164 Å². The Hall–Kier alpha value is -3.40. The Bertz CT molecular complexity index is 918. The molecule has 0 unspecified atom stereocenters. The van der Waals surface area contributed by atoms with E-state index < -0.39 is 24.5 Å². The Balaban J connectivity index is 1.36. The van der Waals surface area contributed by atoms with Crippen molar-refractivity contribution in [2.45, 2.75) is 13.0 Å². The fraction of sp³-hybridized carbons (Fsp3) is 0.222. The summed E-state index contributed by atoms with van der Waals surface area (Å²) in [4.78, 5) is 36.4. The molecule has 0 saturated carbocycles. The van der Waals surface area contributed by atoms with Crippen molar-refractivity contribution in [3.63, 3.8) is 0 Å². The Morgan fingerprint density at radius 3 is 2.86 bits per heavy atom. The van der Waals surface area contributed by atoms with E-state index in [9.17, 15) is 14.4 Å². The van der Waals surface area contributed by atoms with E-state index in [4.69, 9.17) is 9.15 Å². The van der Waals surface area contributed by atoms with Crippen LogP contribution >= 0.6 is 11.3 Å². The van der Waals surface area contributed by atoms with E-state index in [-0.39, 0.29) is 5.76 Å². The molecule has 0 atom stereocenters. The second-order valence-corrected chi connectivity index (χ2v) is 6.71. The van der Waals surface area contributed by atoms with E-state index in [1.54, 1.807) is 40.5 Å². The van der Waals surface area contributed by atoms with Gasteiger partial charge in [0, 0.05) is 23.8 Å². The van der Waals surface area contributed by atoms with Crippen molar-refractivity contribution in [2.75, 3.05) is 13.2 Å². The largest absolute Gasteiger partial charge is 0.452 e. The maximum absolute atomic E-state index is 11.9. The van der Waals surface area contributed by atoms with Gasteiger partial charge in [0.25, 0.3) is 5.91 Å². The van der Waals surface area contributed by atoms with Crippen LogP contribution in [0.2, 0.25) is 0 Å². The highest BCUT2D eigenvalue weighted by molar-refractivity contribution is 7.09. The highest BCUT2D eigenvalue weighted by Gasteiger charge is 2.16. The van der Waals surface area contributed by atoms with Gasteiger partial charge in [-0.15, -0.1) is 11.3 Å². The second kappa shape index (κ2) is 9.51. The van der Waals surface area contributed by atoms with E-state index in [1.165, 1.54) is 6.07 Å². The molecule has 0 spiro atoms. The van der Waals surface area contributed by atoms with Gasteiger partial charge >= 0.3 is 12.0 Å². The first-order valence-corrected chi connectivity index (χ1v) is 9.31. The number of rotatable bonds is 8. The zero-order chi connectivity index (χ0) is 19.8. The Kier molecular flexibility index (Phi) is 6.58. The molecule has 2 N–H and O–H groups in total. The molecule has 146 valence electrons. The molecule has 3 aromatic heterocycles. The molecule has 3 amide bonds. The van der Waals surface area contributed by atoms with Gasteiger partial charge in [0.2, 0.25) is 5.76 Å². The average Bonchev–Trinajstić information content (AvgIpc) is 3.43. The van der Waals surface area contributed by atoms with Crippen molar-refractivity contribution in [3.8, 4) is 0 Å². The van der Waals surface area contributed by atoms with Crippen molar-refractivity contribution in [3.05, 3.63) is 64.5 Å². The zero-order valence-corrected chi connectivity index (χ0v) is 15.6. The molecular formula is C18H18N4O5S. The van der Waals surface area contributed by atoms with Crippen LogP contribution < -0.4 is 10.6 Å². The zero-order valence-electron chi connectivity index (χ0n) is 14.8. The van der Waals surface area contributed by atoms with Crippen molar-refractivity contribution < 1.29 is 23.5 Å². The summed E-state index contributed by atoms with van der Waals surface area (Å²) in [6.45, 7) is 0.170. The van der Waals surface area contributed by atoms with E-state index >= 15 is 0 Å². The van der Waals surface area contributed by atoms with Gasteiger partial charge in [-0.25, -0.2) is 9.59 Å². The molecule has 0 saturated heterocycles. The summed E-state index contributed by atoms with van der Waals surface area (Å²) in [5, 5.41) is 10.7. The molecule has 0 aromatic carbocycles. The predicted octanol–water partition coefficient (Wildman–Crippen LogP) is 1.81. The number of carbonyl (C=O) groups is 3. The van der Waals surface area contributed by atoms with Gasteiger partial charge in [0.05, 0.1) is 6.54 Å². The van der Waals surface area contributed by atoms with Crippen molar-refractivity contribution in [1.29, 1.82) is 0 Å². The summed E-state index contributed by atoms with van der Waals surface area (Å²) in [6.07, 6.45) is 4.07. The average molecular weight is 402 g/mol. The van der Waals surface area contributed by atoms with Gasteiger partial charge in [-0.05, 0) is 36.1 Å². The van der Waals surface area contributed by atoms with Crippen LogP contribution in [0.5, 0.6) is 0 Å². The number of carbonyl (C=O) groups excluding carboxylic acids is 3. The van der Waals surface area contributed by atoms with Crippen LogP contribution in [0.4, 0.5) is 4.79 Å². The van der Waals surface area contributed by atoms with Crippen LogP contribution in [0.25, 0.3) is 0 Å². The second-order valence-electron chi connectivity index (χ2n) is 5.68. The van der Waals surface area contributed by atoms with Crippen molar-refractivity contribution >= 4 is 29.2 Å². The number of aromatic nitrogens is 2. The number of thiophene rings is 1. The molecule has 0 bridgehead atoms. The van der Waals surface area contributed by atoms with E-state index in [1.807, 2.05) is 17.5 Å². The van der Waals surface area contributed by atoms with E-state index in [2.05, 4.69) is 15.7 Å². The smallest absolute Gasteiger partial charge is 0.374 e. The molecule has 28 heavy (non-hydrogen) atoms. The molecule has 10 heteroatoms. The normalized spacial score (nSPS) is 10.4. The lowest BCUT2D eigenvalue weighted by Gasteiger charge is -2.06. The number of urea groups is 1. The summed E-state index contributed by atoms with van der Waals surface area (Å²) in [5.41, 5.74) is 0. The first kappa shape index (κ1) is 19.4. The minimum atomic E-state index is -0.792. The number of imide groups is 1. The molecule has 0 aliphatic carbocycles. The number of hydrogen-bond acceptors (Lipinski definition) is 7. The number of esters is 1. The third-order valence-electron chi connectivity index (χ3n) is 3.56. The van der Waals surface area contributed by atoms with Gasteiger partial charge in [-0.1, -0.05) is 6.07 Å². The monoisotopic (exact) mass is 402 g/mol. The summed E-state index contributed by atoms with van der Waals surface area (Å²) in [5.74, 6) is -1.04. The minimum absolute atomic E-state index is 0.0321. The first-order chi connectivity index (χ1) is 13.6. The lowest BCUT2D eigenvalue weighted by atomic mass is 10.3. The van der Waals surface area contributed by atoms with Gasteiger partial charge in [-0.2, -0.15) is 5.10 Å². The number of nitrogens with zero attached hydrogens (tertiary/aromatic N) is 2. The highest BCUT2D eigenvalue weighted by Crippen LogP contribution is 2.10. The van der Waals surface area contributed by atoms with Crippen LogP contribution in [0, 0.1) is 0 Å². The topological polar surface area (TPSA) is 115 Å². The molecule has 0 aliphatic heterocycles. The molecule has 3 heterocycles. The standard InChI is InChI=1S/C18H18N4O5S/c23-16(21-18(25)19-8-6-14-3-1-10-28-14)12-26-17(24)15-5-4-13(27-15)11-22-9-2-7-20-22/h1-5,7,9-10H,6,8,11-12H2,(H2,19,21,23,25). The molecule has 0 fully saturated rings. The van der Waals surface area contributed by atoms with Crippen LogP contribution in [0.3, 0.4) is 0 Å². The van der Waals surface area contributed by atoms with Gasteiger partial charge in [0.1, 0.15) is 5.76 Å². The molecular weight excluding hydrogens is 384 g/mol. The molecule has 0 radical (unpaired) electrons. The van der Waals surface area contributed by atoms with Gasteiger partial charge in [-0.3, -0.25) is 14.8 Å². The summed E-state index contributed by atoms with van der Waals surface area (Å²) in [6, 6.07) is 8.10. The summed E-state index contributed by atoms with van der Waals surface area (Å²) in [7, 11) is 0. The fourth-order valence-corrected chi connectivity index (χ4v) is 3.00. The highest BCUT2D eigenvalue weighted by atomic mass is 32.1. The number of amides is 3. The first-order valence-electron chi connectivity index (χ1n) is 8.43. The maximum atomic E-state index is 11.9. The number of furan rings is 1. The van der Waals surface area contributed by atoms with E-state index in [0.717, 1.165) is 4.88 Å². The minimum Gasteiger partial charge on any atom is -0.452 e. The maximum Gasteiger partial charge on any atom is 0.374 e. The summed E-state index contributed by atoms with van der Waals surface area (Å²) >= 11 is 1.59. The predicted molar refractivity (Wildman–Crippen MR) is 99.9 cm³/mol. The van der Waals surface area contributed by atoms with Crippen LogP contribution in [0.15, 0.2) is 52.5 Å². The molecule has 9 nitrogen and oxygen atoms in total. The summed E-state index contributed by atoms with van der Waals surface area (Å²) < 4.78 is 11.9. The molecule has 3 rings (SSSR count). The van der Waals surface area contributed by atoms with Crippen LogP contribution in [-0.2, 0) is 22.5 Å². The van der Waals surface area contributed by atoms with Crippen molar-refractivity contribution in [2.24, 2.45) is 0 Å². The quantitative estimate of drug-likeness (QED) is 0.555. The third kappa shape index (κ3) is 5.81. The number of ether oxygens (including phenoxy) is 1. The lowest BCUT2D eigenvalue weighted by Crippen LogP contribution is -2.42. The number of hydrogen-bond donors (Lipinski definition) is 2. The molecule has 0 aliphatic rings. The van der Waals surface area contributed by atoms with Crippen molar-refractivity contribution in [1.82, 2.24) is 20.4 Å². The number of nitrogens with one attached hydrogen (secondary N) is 2.